The Kier molecular flexibility index (Phi) is 4.87. The molecule has 0 aliphatic carbocycles. The Morgan fingerprint density at radius 2 is 1.32 bits per heavy atom. The molecule has 0 heterocycles. The Morgan fingerprint density at radius 3 is 1.84 bits per heavy atom. The van der Waals surface area contributed by atoms with Crippen LogP contribution in [0.1, 0.15) is 0 Å². The Bertz CT molecular complexity index is 935. The van der Waals surface area contributed by atoms with Gasteiger partial charge in [-0.05, 0) is 42.5 Å². The average molecular weight is 353 g/mol. The molecule has 0 saturated heterocycles. The van der Waals surface area contributed by atoms with Gasteiger partial charge in [0.25, 0.3) is 10.1 Å². The molecule has 3 aromatic carbocycles. The van der Waals surface area contributed by atoms with Gasteiger partial charge in [-0.25, -0.2) is 5.01 Å². The van der Waals surface area contributed by atoms with E-state index in [-0.39, 0.29) is 4.90 Å². The minimum atomic E-state index is -4.28. The molecule has 0 fully saturated rings. The van der Waals surface area contributed by atoms with Crippen molar-refractivity contribution in [3.05, 3.63) is 84.9 Å². The van der Waals surface area contributed by atoms with Gasteiger partial charge in [-0.15, -0.1) is 5.11 Å². The number of rotatable bonds is 5. The van der Waals surface area contributed by atoms with Gasteiger partial charge in [0.2, 0.25) is 0 Å². The van der Waals surface area contributed by atoms with Crippen molar-refractivity contribution in [3.63, 3.8) is 0 Å². The maximum Gasteiger partial charge on any atom is 0.294 e. The topological polar surface area (TPSA) is 82.3 Å². The Hall–Kier alpha value is -3.03. The molecule has 126 valence electrons. The lowest BCUT2D eigenvalue weighted by atomic mass is 10.2. The Morgan fingerprint density at radius 1 is 0.760 bits per heavy atom. The SMILES string of the molecule is O=S(=O)(O)c1cccc(/N=N/N(c2ccccc2)c2ccccc2)c1. The summed E-state index contributed by atoms with van der Waals surface area (Å²) in [4.78, 5) is -0.227. The van der Waals surface area contributed by atoms with Crippen LogP contribution >= 0.6 is 0 Å². The van der Waals surface area contributed by atoms with Crippen LogP contribution in [0.3, 0.4) is 0 Å². The highest BCUT2D eigenvalue weighted by Gasteiger charge is 2.10. The third-order valence-corrected chi connectivity index (χ3v) is 4.22. The number of hydrogen-bond donors (Lipinski definition) is 1. The van der Waals surface area contributed by atoms with Crippen molar-refractivity contribution in [1.29, 1.82) is 0 Å². The minimum absolute atomic E-state index is 0.227. The van der Waals surface area contributed by atoms with Gasteiger partial charge in [0.1, 0.15) is 0 Å². The second kappa shape index (κ2) is 7.25. The second-order valence-electron chi connectivity index (χ2n) is 5.14. The van der Waals surface area contributed by atoms with Crippen LogP contribution in [0.4, 0.5) is 17.1 Å². The maximum atomic E-state index is 11.2. The standard InChI is InChI=1S/C18H15N3O3S/c22-25(23,24)18-13-7-8-15(14-18)19-20-21(16-9-3-1-4-10-16)17-11-5-2-6-12-17/h1-14H,(H,22,23,24)/b20-19+. The molecule has 0 atom stereocenters. The van der Waals surface area contributed by atoms with E-state index >= 15 is 0 Å². The average Bonchev–Trinajstić information content (AvgIpc) is 2.63. The Balaban J connectivity index is 1.98. The van der Waals surface area contributed by atoms with Crippen LogP contribution in [0, 0.1) is 0 Å². The summed E-state index contributed by atoms with van der Waals surface area (Å²) >= 11 is 0. The lowest BCUT2D eigenvalue weighted by molar-refractivity contribution is 0.483. The summed E-state index contributed by atoms with van der Waals surface area (Å²) < 4.78 is 31.6. The number of anilines is 2. The van der Waals surface area contributed by atoms with Crippen molar-refractivity contribution in [2.75, 3.05) is 5.01 Å². The highest BCUT2D eigenvalue weighted by molar-refractivity contribution is 7.85. The van der Waals surface area contributed by atoms with E-state index in [9.17, 15) is 8.42 Å². The molecule has 6 nitrogen and oxygen atoms in total. The van der Waals surface area contributed by atoms with Gasteiger partial charge in [0.15, 0.2) is 0 Å². The highest BCUT2D eigenvalue weighted by Crippen LogP contribution is 2.27. The summed E-state index contributed by atoms with van der Waals surface area (Å²) in [5, 5.41) is 9.99. The smallest absolute Gasteiger partial charge is 0.282 e. The molecule has 0 spiro atoms. The molecule has 0 aromatic heterocycles. The van der Waals surface area contributed by atoms with Crippen LogP contribution in [0.2, 0.25) is 0 Å². The van der Waals surface area contributed by atoms with E-state index in [1.165, 1.54) is 18.2 Å². The maximum absolute atomic E-state index is 11.2. The van der Waals surface area contributed by atoms with Gasteiger partial charge in [-0.3, -0.25) is 4.55 Å². The van der Waals surface area contributed by atoms with Crippen LogP contribution in [0.25, 0.3) is 0 Å². The molecule has 3 rings (SSSR count). The largest absolute Gasteiger partial charge is 0.294 e. The molecular formula is C18H15N3O3S. The van der Waals surface area contributed by atoms with Gasteiger partial charge in [-0.1, -0.05) is 47.7 Å². The summed E-state index contributed by atoms with van der Waals surface area (Å²) in [6.45, 7) is 0. The third-order valence-electron chi connectivity index (χ3n) is 3.37. The van der Waals surface area contributed by atoms with Crippen LogP contribution in [0.15, 0.2) is 100 Å². The predicted octanol–water partition coefficient (Wildman–Crippen LogP) is 4.77. The van der Waals surface area contributed by atoms with Crippen molar-refractivity contribution < 1.29 is 13.0 Å². The van der Waals surface area contributed by atoms with Gasteiger partial charge in [0, 0.05) is 0 Å². The number of nitrogens with zero attached hydrogens (tertiary/aromatic N) is 3. The summed E-state index contributed by atoms with van der Waals surface area (Å²) in [5.74, 6) is 0. The second-order valence-corrected chi connectivity index (χ2v) is 6.57. The third kappa shape index (κ3) is 4.28. The van der Waals surface area contributed by atoms with Crippen LogP contribution in [-0.4, -0.2) is 13.0 Å². The first kappa shape index (κ1) is 16.8. The summed E-state index contributed by atoms with van der Waals surface area (Å²) in [7, 11) is -4.28. The minimum Gasteiger partial charge on any atom is -0.282 e. The first-order valence-electron chi connectivity index (χ1n) is 7.43. The lowest BCUT2D eigenvalue weighted by Gasteiger charge is -2.17. The first-order chi connectivity index (χ1) is 12.0. The van der Waals surface area contributed by atoms with Crippen molar-refractivity contribution in [2.45, 2.75) is 4.90 Å². The molecule has 0 unspecified atom stereocenters. The fraction of sp³-hybridized carbons (Fsp3) is 0. The van der Waals surface area contributed by atoms with E-state index in [1.807, 2.05) is 60.7 Å². The zero-order valence-corrected chi connectivity index (χ0v) is 13.9. The van der Waals surface area contributed by atoms with Crippen molar-refractivity contribution in [2.24, 2.45) is 10.3 Å². The monoisotopic (exact) mass is 353 g/mol. The molecule has 0 bridgehead atoms. The zero-order chi connectivity index (χ0) is 17.7. The fourth-order valence-corrected chi connectivity index (χ4v) is 2.71. The van der Waals surface area contributed by atoms with E-state index in [4.69, 9.17) is 4.55 Å². The van der Waals surface area contributed by atoms with Gasteiger partial charge >= 0.3 is 0 Å². The van der Waals surface area contributed by atoms with Gasteiger partial charge < -0.3 is 0 Å². The fourth-order valence-electron chi connectivity index (χ4n) is 2.19. The zero-order valence-electron chi connectivity index (χ0n) is 13.1. The molecule has 3 aromatic rings. The molecule has 0 saturated carbocycles. The summed E-state index contributed by atoms with van der Waals surface area (Å²) in [5.41, 5.74) is 1.93. The van der Waals surface area contributed by atoms with E-state index in [0.717, 1.165) is 11.4 Å². The van der Waals surface area contributed by atoms with Gasteiger partial charge in [-0.2, -0.15) is 8.42 Å². The molecule has 0 aliphatic heterocycles. The molecule has 7 heteroatoms. The van der Waals surface area contributed by atoms with E-state index in [2.05, 4.69) is 10.3 Å². The van der Waals surface area contributed by atoms with Crippen LogP contribution < -0.4 is 5.01 Å². The van der Waals surface area contributed by atoms with E-state index < -0.39 is 10.1 Å². The molecule has 0 aliphatic rings. The summed E-state index contributed by atoms with van der Waals surface area (Å²) in [6, 6.07) is 24.6. The molecule has 0 amide bonds. The van der Waals surface area contributed by atoms with Crippen molar-refractivity contribution >= 4 is 27.2 Å². The lowest BCUT2D eigenvalue weighted by Crippen LogP contribution is -2.07. The normalized spacial score (nSPS) is 11.6. The van der Waals surface area contributed by atoms with Crippen molar-refractivity contribution in [3.8, 4) is 0 Å². The molecule has 1 N–H and O–H groups in total. The predicted molar refractivity (Wildman–Crippen MR) is 95.8 cm³/mol. The summed E-state index contributed by atoms with van der Waals surface area (Å²) in [6.07, 6.45) is 0. The molecular weight excluding hydrogens is 338 g/mol. The quantitative estimate of drug-likeness (QED) is 0.407. The van der Waals surface area contributed by atoms with E-state index in [1.54, 1.807) is 11.1 Å². The first-order valence-corrected chi connectivity index (χ1v) is 8.87. The van der Waals surface area contributed by atoms with Gasteiger partial charge in [0.05, 0.1) is 22.0 Å². The van der Waals surface area contributed by atoms with Crippen LogP contribution in [0.5, 0.6) is 0 Å². The number of para-hydroxylation sites is 2. The van der Waals surface area contributed by atoms with E-state index in [0.29, 0.717) is 5.69 Å². The number of hydrogen-bond acceptors (Lipinski definition) is 4. The molecule has 25 heavy (non-hydrogen) atoms. The Labute approximate surface area is 145 Å². The number of benzene rings is 3. The molecule has 0 radical (unpaired) electrons. The highest BCUT2D eigenvalue weighted by atomic mass is 32.2. The van der Waals surface area contributed by atoms with Crippen molar-refractivity contribution in [1.82, 2.24) is 0 Å². The van der Waals surface area contributed by atoms with Crippen LogP contribution in [-0.2, 0) is 10.1 Å².